The molecular formula is C32H36N4O4. The van der Waals surface area contributed by atoms with Crippen LogP contribution < -0.4 is 5.43 Å². The third kappa shape index (κ3) is 5.24. The van der Waals surface area contributed by atoms with Crippen LogP contribution in [-0.4, -0.2) is 57.0 Å². The van der Waals surface area contributed by atoms with Gasteiger partial charge in [0.15, 0.2) is 0 Å². The predicted molar refractivity (Wildman–Crippen MR) is 159 cm³/mol. The minimum absolute atomic E-state index is 0.351. The Morgan fingerprint density at radius 1 is 0.850 bits per heavy atom. The number of fused-ring (bicyclic) bond motifs is 1. The quantitative estimate of drug-likeness (QED) is 0.0892. The normalized spacial score (nSPS) is 13.4. The van der Waals surface area contributed by atoms with E-state index in [1.54, 1.807) is 30.5 Å². The Balaban J connectivity index is 1.38. The van der Waals surface area contributed by atoms with Crippen molar-refractivity contribution in [2.24, 2.45) is 5.10 Å². The number of carbonyl (C=O) groups excluding carboxylic acids is 2. The molecule has 0 radical (unpaired) electrons. The summed E-state index contributed by atoms with van der Waals surface area (Å²) in [7, 11) is 0. The fourth-order valence-electron chi connectivity index (χ4n) is 5.56. The minimum Gasteiger partial charge on any atom is -0.394 e. The molecule has 1 aliphatic rings. The fraction of sp³-hybridized carbons (Fsp3) is 0.344. The molecule has 3 aromatic carbocycles. The van der Waals surface area contributed by atoms with Gasteiger partial charge in [-0.2, -0.15) is 5.10 Å². The maximum Gasteiger partial charge on any atom is 0.261 e. The molecule has 0 bridgehead atoms. The van der Waals surface area contributed by atoms with E-state index in [9.17, 15) is 19.8 Å². The molecule has 0 fully saturated rings. The van der Waals surface area contributed by atoms with Crippen molar-refractivity contribution in [2.45, 2.75) is 58.0 Å². The smallest absolute Gasteiger partial charge is 0.261 e. The largest absolute Gasteiger partial charge is 0.394 e. The Labute approximate surface area is 233 Å². The van der Waals surface area contributed by atoms with Crippen molar-refractivity contribution < 1.29 is 19.8 Å². The number of aliphatic hydroxyl groups is 2. The van der Waals surface area contributed by atoms with Gasteiger partial charge in [-0.1, -0.05) is 69.4 Å². The van der Waals surface area contributed by atoms with Gasteiger partial charge >= 0.3 is 0 Å². The molecule has 8 nitrogen and oxygen atoms in total. The lowest BCUT2D eigenvalue weighted by Gasteiger charge is -2.32. The number of carbonyl (C=O) groups is 2. The van der Waals surface area contributed by atoms with E-state index in [1.807, 2.05) is 12.1 Å². The molecule has 0 saturated heterocycles. The fourth-order valence-corrected chi connectivity index (χ4v) is 5.56. The van der Waals surface area contributed by atoms with Crippen LogP contribution in [0, 0.1) is 0 Å². The Kier molecular flexibility index (Phi) is 8.57. The van der Waals surface area contributed by atoms with Crippen molar-refractivity contribution in [1.29, 1.82) is 0 Å². The van der Waals surface area contributed by atoms with E-state index in [0.717, 1.165) is 28.8 Å². The standard InChI is InChI=1S/C32H36N4O4/c1-2-3-4-5-6-9-17-35-19-22(24-11-7-8-14-29(24)35)18-33-34-28-16-15-27-30-25(28)12-10-13-26(30)31(39)36(32(27)40)23(20-37)21-38/h7-8,10-16,18-19,23,34,37-38H,2-6,9,17,20-21H2,1H3/b33-18+. The number of amides is 2. The molecule has 2 heterocycles. The van der Waals surface area contributed by atoms with Gasteiger partial charge < -0.3 is 14.8 Å². The van der Waals surface area contributed by atoms with Crippen molar-refractivity contribution in [3.63, 3.8) is 0 Å². The Morgan fingerprint density at radius 2 is 1.55 bits per heavy atom. The van der Waals surface area contributed by atoms with Crippen LogP contribution in [0.4, 0.5) is 5.69 Å². The maximum atomic E-state index is 13.2. The number of unbranched alkanes of at least 4 members (excludes halogenated alkanes) is 5. The second-order valence-corrected chi connectivity index (χ2v) is 10.3. The first-order valence-electron chi connectivity index (χ1n) is 14.1. The summed E-state index contributed by atoms with van der Waals surface area (Å²) < 4.78 is 2.30. The number of nitrogens with zero attached hydrogens (tertiary/aromatic N) is 3. The highest BCUT2D eigenvalue weighted by molar-refractivity contribution is 6.27. The number of nitrogens with one attached hydrogen (secondary N) is 1. The number of aromatic nitrogens is 1. The first kappa shape index (κ1) is 27.6. The number of benzene rings is 3. The summed E-state index contributed by atoms with van der Waals surface area (Å²) in [5.74, 6) is -1.06. The van der Waals surface area contributed by atoms with E-state index >= 15 is 0 Å². The first-order valence-corrected chi connectivity index (χ1v) is 14.1. The zero-order valence-corrected chi connectivity index (χ0v) is 22.8. The Morgan fingerprint density at radius 3 is 2.33 bits per heavy atom. The number of aryl methyl sites for hydroxylation is 1. The number of rotatable bonds is 13. The number of imide groups is 1. The molecule has 0 unspecified atom stereocenters. The number of hydrazone groups is 1. The summed E-state index contributed by atoms with van der Waals surface area (Å²) in [5, 5.41) is 26.1. The number of aliphatic hydroxyl groups excluding tert-OH is 2. The van der Waals surface area contributed by atoms with Gasteiger partial charge in [-0.3, -0.25) is 19.9 Å². The van der Waals surface area contributed by atoms with Gasteiger partial charge in [0.2, 0.25) is 0 Å². The average molecular weight is 541 g/mol. The number of hydrogen-bond acceptors (Lipinski definition) is 6. The lowest BCUT2D eigenvalue weighted by atomic mass is 9.92. The lowest BCUT2D eigenvalue weighted by Crippen LogP contribution is -2.50. The van der Waals surface area contributed by atoms with E-state index in [4.69, 9.17) is 0 Å². The zero-order chi connectivity index (χ0) is 28.1. The molecule has 0 saturated carbocycles. The number of hydrogen-bond donors (Lipinski definition) is 3. The topological polar surface area (TPSA) is 107 Å². The molecule has 8 heteroatoms. The molecule has 1 aromatic heterocycles. The summed E-state index contributed by atoms with van der Waals surface area (Å²) in [6, 6.07) is 16.0. The highest BCUT2D eigenvalue weighted by Gasteiger charge is 2.37. The van der Waals surface area contributed by atoms with Crippen LogP contribution in [0.1, 0.15) is 71.7 Å². The molecular weight excluding hydrogens is 504 g/mol. The first-order chi connectivity index (χ1) is 19.6. The van der Waals surface area contributed by atoms with Gasteiger partial charge in [-0.25, -0.2) is 0 Å². The highest BCUT2D eigenvalue weighted by Crippen LogP contribution is 2.35. The van der Waals surface area contributed by atoms with Crippen LogP contribution in [0.15, 0.2) is 65.9 Å². The van der Waals surface area contributed by atoms with Gasteiger partial charge in [0, 0.05) is 51.1 Å². The summed E-state index contributed by atoms with van der Waals surface area (Å²) in [6.07, 6.45) is 11.5. The number of para-hydroxylation sites is 1. The van der Waals surface area contributed by atoms with Crippen LogP contribution in [0.3, 0.4) is 0 Å². The predicted octanol–water partition coefficient (Wildman–Crippen LogP) is 5.55. The van der Waals surface area contributed by atoms with Crippen LogP contribution in [0.2, 0.25) is 0 Å². The van der Waals surface area contributed by atoms with E-state index in [1.165, 1.54) is 37.6 Å². The summed E-state index contributed by atoms with van der Waals surface area (Å²) >= 11 is 0. The van der Waals surface area contributed by atoms with E-state index in [2.05, 4.69) is 46.4 Å². The van der Waals surface area contributed by atoms with E-state index in [0.29, 0.717) is 27.6 Å². The summed E-state index contributed by atoms with van der Waals surface area (Å²) in [4.78, 5) is 27.3. The second kappa shape index (κ2) is 12.4. The van der Waals surface area contributed by atoms with Crippen molar-refractivity contribution >= 4 is 45.4 Å². The SMILES string of the molecule is CCCCCCCCn1cc(/C=N/Nc2ccc3c4c(cccc24)C(=O)N(C(CO)CO)C3=O)c2ccccc21. The molecule has 0 atom stereocenters. The maximum absolute atomic E-state index is 13.2. The minimum atomic E-state index is -0.992. The molecule has 3 N–H and O–H groups in total. The molecule has 208 valence electrons. The van der Waals surface area contributed by atoms with Crippen molar-refractivity contribution in [3.8, 4) is 0 Å². The van der Waals surface area contributed by atoms with Crippen molar-refractivity contribution in [2.75, 3.05) is 18.6 Å². The molecule has 2 amide bonds. The van der Waals surface area contributed by atoms with Crippen LogP contribution in [0.5, 0.6) is 0 Å². The van der Waals surface area contributed by atoms with Gasteiger partial charge in [-0.15, -0.1) is 0 Å². The molecule has 0 spiro atoms. The summed E-state index contributed by atoms with van der Waals surface area (Å²) in [5.41, 5.74) is 6.68. The van der Waals surface area contributed by atoms with E-state index in [-0.39, 0.29) is 0 Å². The van der Waals surface area contributed by atoms with Gasteiger partial charge in [-0.05, 0) is 30.7 Å². The zero-order valence-electron chi connectivity index (χ0n) is 22.8. The van der Waals surface area contributed by atoms with E-state index < -0.39 is 31.1 Å². The van der Waals surface area contributed by atoms with Crippen LogP contribution in [0.25, 0.3) is 21.7 Å². The molecule has 40 heavy (non-hydrogen) atoms. The Bertz CT molecular complexity index is 1530. The average Bonchev–Trinajstić information content (AvgIpc) is 3.33. The highest BCUT2D eigenvalue weighted by atomic mass is 16.3. The Hall–Kier alpha value is -4.01. The molecule has 1 aliphatic heterocycles. The van der Waals surface area contributed by atoms with Crippen LogP contribution >= 0.6 is 0 Å². The lowest BCUT2D eigenvalue weighted by molar-refractivity contribution is 0.0375. The third-order valence-corrected chi connectivity index (χ3v) is 7.69. The molecule has 4 aromatic rings. The third-order valence-electron chi connectivity index (χ3n) is 7.69. The van der Waals surface area contributed by atoms with Gasteiger partial charge in [0.05, 0.1) is 31.2 Å². The van der Waals surface area contributed by atoms with Crippen molar-refractivity contribution in [3.05, 3.63) is 77.5 Å². The number of anilines is 1. The van der Waals surface area contributed by atoms with Crippen molar-refractivity contribution in [1.82, 2.24) is 9.47 Å². The molecule has 5 rings (SSSR count). The summed E-state index contributed by atoms with van der Waals surface area (Å²) in [6.45, 7) is 2.18. The van der Waals surface area contributed by atoms with Gasteiger partial charge in [0.25, 0.3) is 11.8 Å². The molecule has 0 aliphatic carbocycles. The van der Waals surface area contributed by atoms with Gasteiger partial charge in [0.1, 0.15) is 0 Å². The van der Waals surface area contributed by atoms with Crippen LogP contribution in [-0.2, 0) is 6.54 Å². The second-order valence-electron chi connectivity index (χ2n) is 10.3. The monoisotopic (exact) mass is 540 g/mol.